The van der Waals surface area contributed by atoms with Gasteiger partial charge in [0.05, 0.1) is 0 Å². The molecule has 0 aromatic heterocycles. The lowest BCUT2D eigenvalue weighted by Crippen LogP contribution is -1.20. The smallest absolute Gasteiger partial charge is 0.0281 e. The van der Waals surface area contributed by atoms with Crippen LogP contribution in [0.5, 0.6) is 0 Å². The van der Waals surface area contributed by atoms with Crippen LogP contribution in [0, 0.1) is 0 Å². The van der Waals surface area contributed by atoms with Crippen LogP contribution >= 0.6 is 20.4 Å². The van der Waals surface area contributed by atoms with Gasteiger partial charge in [0.2, 0.25) is 0 Å². The first kappa shape index (κ1) is 4.26. The molecular weight excluding hydrogens is 87.1 g/mol. The highest BCUT2D eigenvalue weighted by atomic mass is 32.1. The molecule has 2 heteroatoms. The summed E-state index contributed by atoms with van der Waals surface area (Å²) in [7, 11) is 0.938. The summed E-state index contributed by atoms with van der Waals surface area (Å²) in [6.45, 7) is 0. The summed E-state index contributed by atoms with van der Waals surface area (Å²) >= 11 is 4.35. The van der Waals surface area contributed by atoms with E-state index in [1.807, 2.05) is 0 Å². The average molecular weight is 90.1 g/mol. The van der Waals surface area contributed by atoms with Gasteiger partial charge in [0.25, 0.3) is 0 Å². The lowest BCUT2D eigenvalue weighted by atomic mass is 11.9. The maximum Gasteiger partial charge on any atom is 0.0281 e. The molecule has 0 radical (unpaired) electrons. The Morgan fingerprint density at radius 1 is 2.00 bits per heavy atom. The van der Waals surface area contributed by atoms with Crippen molar-refractivity contribution in [3.05, 3.63) is 0 Å². The number of hydrogen-bond acceptors (Lipinski definition) is 1. The van der Waals surface area contributed by atoms with Gasteiger partial charge < -0.3 is 0 Å². The van der Waals surface area contributed by atoms with Crippen LogP contribution in [0.2, 0.25) is 0 Å². The Labute approximate surface area is 32.6 Å². The molecule has 0 aliphatic carbocycles. The van der Waals surface area contributed by atoms with E-state index in [0.29, 0.717) is 0 Å². The molecule has 0 bridgehead atoms. The van der Waals surface area contributed by atoms with Gasteiger partial charge in [-0.2, -0.15) is 0 Å². The number of hydrogen-bond donors (Lipinski definition) is 0. The summed E-state index contributed by atoms with van der Waals surface area (Å²) in [6.07, 6.45) is 3.42. The van der Waals surface area contributed by atoms with Crippen molar-refractivity contribution in [1.82, 2.24) is 0 Å². The minimum Gasteiger partial charge on any atom is -0.0834 e. The summed E-state index contributed by atoms with van der Waals surface area (Å²) in [4.78, 5) is 0. The van der Waals surface area contributed by atoms with E-state index in [9.17, 15) is 0 Å². The second kappa shape index (κ2) is 3.26. The van der Waals surface area contributed by atoms with Crippen LogP contribution in [-0.2, 0) is 0 Å². The van der Waals surface area contributed by atoms with Gasteiger partial charge >= 0.3 is 0 Å². The Balaban J connectivity index is 2.73. The maximum atomic E-state index is 4.35. The van der Waals surface area contributed by atoms with Crippen LogP contribution < -0.4 is 0 Å². The topological polar surface area (TPSA) is 0 Å². The molecule has 0 aliphatic rings. The standard InChI is InChI=1S/C2H3PS/c1-3-2-4/h2H,1H2. The first-order valence-corrected chi connectivity index (χ1v) is 2.43. The summed E-state index contributed by atoms with van der Waals surface area (Å²) < 4.78 is 0. The molecule has 22 valence electrons. The molecule has 0 fully saturated rings. The van der Waals surface area contributed by atoms with Crippen LogP contribution in [0.25, 0.3) is 0 Å². The second-order valence-electron chi connectivity index (χ2n) is 0.288. The van der Waals surface area contributed by atoms with Crippen molar-refractivity contribution >= 4 is 31.8 Å². The summed E-state index contributed by atoms with van der Waals surface area (Å²) in [5.74, 6) is 0. The molecular formula is C2H3PS. The quantitative estimate of drug-likeness (QED) is 0.345. The van der Waals surface area contributed by atoms with Gasteiger partial charge in [0.1, 0.15) is 0 Å². The summed E-state index contributed by atoms with van der Waals surface area (Å²) in [6, 6.07) is 0. The lowest BCUT2D eigenvalue weighted by molar-refractivity contribution is 4.32. The zero-order valence-corrected chi connectivity index (χ0v) is 3.85. The fraction of sp³-hybridized carbons (Fsp3) is 0. The summed E-state index contributed by atoms with van der Waals surface area (Å²) in [5.41, 5.74) is 0. The van der Waals surface area contributed by atoms with Crippen molar-refractivity contribution in [1.29, 1.82) is 0 Å². The van der Waals surface area contributed by atoms with E-state index < -0.39 is 0 Å². The van der Waals surface area contributed by atoms with Gasteiger partial charge in [-0.25, -0.2) is 0 Å². The predicted octanol–water partition coefficient (Wildman–Crippen LogP) is 1.32. The van der Waals surface area contributed by atoms with E-state index in [1.165, 1.54) is 0 Å². The van der Waals surface area contributed by atoms with E-state index in [0.717, 1.165) is 8.20 Å². The molecule has 0 N–H and O–H groups in total. The van der Waals surface area contributed by atoms with Gasteiger partial charge in [-0.1, -0.05) is 26.7 Å². The second-order valence-corrected chi connectivity index (χ2v) is 1.50. The molecule has 0 saturated carbocycles. The Morgan fingerprint density at radius 2 is 2.25 bits per heavy atom. The molecule has 0 heterocycles. The Kier molecular flexibility index (Phi) is 3.47. The number of rotatable bonds is 1. The van der Waals surface area contributed by atoms with Crippen molar-refractivity contribution in [3.63, 3.8) is 0 Å². The zero-order chi connectivity index (χ0) is 3.41. The molecule has 0 unspecified atom stereocenters. The predicted molar refractivity (Wildman–Crippen MR) is 27.7 cm³/mol. The van der Waals surface area contributed by atoms with Crippen LogP contribution in [0.4, 0.5) is 0 Å². The van der Waals surface area contributed by atoms with Crippen molar-refractivity contribution < 1.29 is 0 Å². The maximum absolute atomic E-state index is 4.35. The Morgan fingerprint density at radius 3 is 2.25 bits per heavy atom. The number of thiocarbonyl (C=S) groups is 1. The Hall–Kier alpha value is 0.260. The van der Waals surface area contributed by atoms with E-state index in [4.69, 9.17) is 0 Å². The fourth-order valence-electron chi connectivity index (χ4n) is 0. The SMILES string of the molecule is C=PC=S. The van der Waals surface area contributed by atoms with Gasteiger partial charge in [-0.05, 0) is 0 Å². The minimum atomic E-state index is 0.938. The molecule has 0 atom stereocenters. The van der Waals surface area contributed by atoms with Crippen LogP contribution in [0.15, 0.2) is 0 Å². The molecule has 0 saturated heterocycles. The minimum absolute atomic E-state index is 0.938. The first-order valence-electron chi connectivity index (χ1n) is 0.810. The normalized spacial score (nSPS) is 7.00. The highest BCUT2D eigenvalue weighted by Crippen LogP contribution is 1.75. The molecule has 0 aromatic carbocycles. The highest BCUT2D eigenvalue weighted by Gasteiger charge is 1.33. The van der Waals surface area contributed by atoms with Crippen LogP contribution in [0.3, 0.4) is 0 Å². The summed E-state index contributed by atoms with van der Waals surface area (Å²) in [5, 5.41) is 1.57. The van der Waals surface area contributed by atoms with Crippen LogP contribution in [0.1, 0.15) is 0 Å². The third-order valence-electron chi connectivity index (χ3n) is 0.0745. The third kappa shape index (κ3) is 2.26. The highest BCUT2D eigenvalue weighted by molar-refractivity contribution is 7.90. The molecule has 0 aliphatic heterocycles. The van der Waals surface area contributed by atoms with E-state index in [2.05, 4.69) is 18.5 Å². The zero-order valence-electron chi connectivity index (χ0n) is 2.14. The monoisotopic (exact) mass is 90.0 g/mol. The fourth-order valence-corrected chi connectivity index (χ4v) is 0. The lowest BCUT2D eigenvalue weighted by Gasteiger charge is -1.40. The van der Waals surface area contributed by atoms with Crippen LogP contribution in [-0.4, -0.2) is 11.4 Å². The van der Waals surface area contributed by atoms with Crippen molar-refractivity contribution in [2.24, 2.45) is 0 Å². The van der Waals surface area contributed by atoms with E-state index in [-0.39, 0.29) is 0 Å². The van der Waals surface area contributed by atoms with Gasteiger partial charge in [0.15, 0.2) is 0 Å². The van der Waals surface area contributed by atoms with Gasteiger partial charge in [-0.15, -0.1) is 0 Å². The van der Waals surface area contributed by atoms with Crippen molar-refractivity contribution in [2.75, 3.05) is 0 Å². The Bertz CT molecular complexity index is 27.0. The molecule has 0 nitrogen and oxygen atoms in total. The largest absolute Gasteiger partial charge is 0.0834 e. The van der Waals surface area contributed by atoms with Crippen molar-refractivity contribution in [3.8, 4) is 0 Å². The third-order valence-corrected chi connectivity index (χ3v) is 0.671. The molecule has 0 spiro atoms. The molecule has 0 aromatic rings. The van der Waals surface area contributed by atoms with Gasteiger partial charge in [0, 0.05) is 5.11 Å². The van der Waals surface area contributed by atoms with E-state index in [1.54, 1.807) is 5.11 Å². The van der Waals surface area contributed by atoms with E-state index >= 15 is 0 Å². The first-order chi connectivity index (χ1) is 1.91. The molecule has 0 rings (SSSR count). The molecule has 4 heavy (non-hydrogen) atoms. The molecule has 0 amide bonds. The average Bonchev–Trinajstić information content (AvgIpc) is 1.37. The van der Waals surface area contributed by atoms with Gasteiger partial charge in [-0.3, -0.25) is 0 Å². The van der Waals surface area contributed by atoms with Crippen molar-refractivity contribution in [2.45, 2.75) is 0 Å².